The van der Waals surface area contributed by atoms with Crippen molar-refractivity contribution >= 4 is 28.3 Å². The van der Waals surface area contributed by atoms with Crippen molar-refractivity contribution < 1.29 is 18.7 Å². The Kier molecular flexibility index (Phi) is 4.61. The number of carbonyl (C=O) groups is 2. The van der Waals surface area contributed by atoms with Crippen LogP contribution in [0.1, 0.15) is 23.9 Å². The van der Waals surface area contributed by atoms with Crippen molar-refractivity contribution in [2.45, 2.75) is 19.4 Å². The van der Waals surface area contributed by atoms with Crippen molar-refractivity contribution in [2.75, 3.05) is 5.32 Å². The van der Waals surface area contributed by atoms with E-state index in [0.717, 1.165) is 10.8 Å². The van der Waals surface area contributed by atoms with E-state index in [0.29, 0.717) is 12.1 Å². The van der Waals surface area contributed by atoms with Crippen molar-refractivity contribution in [3.63, 3.8) is 0 Å². The van der Waals surface area contributed by atoms with Crippen LogP contribution in [0.2, 0.25) is 0 Å². The summed E-state index contributed by atoms with van der Waals surface area (Å²) in [6.45, 7) is 1.78. The molecule has 5 nitrogen and oxygen atoms in total. The van der Waals surface area contributed by atoms with Gasteiger partial charge in [0.2, 0.25) is 5.76 Å². The fourth-order valence-electron chi connectivity index (χ4n) is 2.45. The van der Waals surface area contributed by atoms with Crippen LogP contribution in [0.4, 0.5) is 5.69 Å². The SMILES string of the molecule is CCC(OC(=O)c1ccco1)C(=O)Nc1cccc2ccccc12. The predicted molar refractivity (Wildman–Crippen MR) is 90.8 cm³/mol. The van der Waals surface area contributed by atoms with Gasteiger partial charge in [-0.05, 0) is 30.0 Å². The summed E-state index contributed by atoms with van der Waals surface area (Å²) in [5.41, 5.74) is 0.686. The Labute approximate surface area is 139 Å². The van der Waals surface area contributed by atoms with Gasteiger partial charge in [-0.1, -0.05) is 43.3 Å². The van der Waals surface area contributed by atoms with Gasteiger partial charge in [-0.2, -0.15) is 0 Å². The second kappa shape index (κ2) is 7.00. The molecule has 122 valence electrons. The topological polar surface area (TPSA) is 68.5 Å². The molecule has 0 aliphatic rings. The Morgan fingerprint density at radius 3 is 2.62 bits per heavy atom. The van der Waals surface area contributed by atoms with E-state index >= 15 is 0 Å². The molecular formula is C19H17NO4. The van der Waals surface area contributed by atoms with Crippen molar-refractivity contribution in [1.29, 1.82) is 0 Å². The third kappa shape index (κ3) is 3.30. The number of esters is 1. The molecule has 0 bridgehead atoms. The highest BCUT2D eigenvalue weighted by Crippen LogP contribution is 2.23. The van der Waals surface area contributed by atoms with Crippen LogP contribution in [0.3, 0.4) is 0 Å². The molecule has 0 radical (unpaired) electrons. The molecule has 1 atom stereocenters. The molecule has 1 heterocycles. The second-order valence-electron chi connectivity index (χ2n) is 5.30. The summed E-state index contributed by atoms with van der Waals surface area (Å²) in [6, 6.07) is 16.5. The fraction of sp³-hybridized carbons (Fsp3) is 0.158. The lowest BCUT2D eigenvalue weighted by Crippen LogP contribution is -2.32. The molecule has 1 amide bonds. The third-order valence-electron chi connectivity index (χ3n) is 3.68. The minimum Gasteiger partial charge on any atom is -0.457 e. The van der Waals surface area contributed by atoms with E-state index in [-0.39, 0.29) is 11.7 Å². The first kappa shape index (κ1) is 15.8. The maximum atomic E-state index is 12.5. The van der Waals surface area contributed by atoms with Gasteiger partial charge >= 0.3 is 5.97 Å². The number of carbonyl (C=O) groups excluding carboxylic acids is 2. The highest BCUT2D eigenvalue weighted by Gasteiger charge is 2.23. The quantitative estimate of drug-likeness (QED) is 0.720. The zero-order chi connectivity index (χ0) is 16.9. The summed E-state index contributed by atoms with van der Waals surface area (Å²) in [5, 5.41) is 4.79. The number of ether oxygens (including phenoxy) is 1. The van der Waals surface area contributed by atoms with E-state index in [1.54, 1.807) is 13.0 Å². The van der Waals surface area contributed by atoms with Gasteiger partial charge in [-0.3, -0.25) is 4.79 Å². The zero-order valence-electron chi connectivity index (χ0n) is 13.2. The normalized spacial score (nSPS) is 11.9. The largest absolute Gasteiger partial charge is 0.457 e. The molecule has 1 unspecified atom stereocenters. The van der Waals surface area contributed by atoms with Crippen LogP contribution in [-0.2, 0) is 9.53 Å². The minimum absolute atomic E-state index is 0.0754. The smallest absolute Gasteiger partial charge is 0.374 e. The van der Waals surface area contributed by atoms with E-state index in [9.17, 15) is 9.59 Å². The maximum absolute atomic E-state index is 12.5. The molecule has 1 N–H and O–H groups in total. The summed E-state index contributed by atoms with van der Waals surface area (Å²) in [5.74, 6) is -0.944. The average molecular weight is 323 g/mol. The summed E-state index contributed by atoms with van der Waals surface area (Å²) in [7, 11) is 0. The summed E-state index contributed by atoms with van der Waals surface area (Å²) in [4.78, 5) is 24.4. The van der Waals surface area contributed by atoms with Crippen molar-refractivity contribution in [1.82, 2.24) is 0 Å². The molecule has 2 aromatic carbocycles. The molecule has 0 spiro atoms. The lowest BCUT2D eigenvalue weighted by Gasteiger charge is -2.16. The molecule has 5 heteroatoms. The number of rotatable bonds is 5. The molecular weight excluding hydrogens is 306 g/mol. The van der Waals surface area contributed by atoms with Crippen LogP contribution in [0.15, 0.2) is 65.3 Å². The second-order valence-corrected chi connectivity index (χ2v) is 5.30. The van der Waals surface area contributed by atoms with E-state index in [4.69, 9.17) is 9.15 Å². The number of anilines is 1. The van der Waals surface area contributed by atoms with Gasteiger partial charge in [0.1, 0.15) is 0 Å². The van der Waals surface area contributed by atoms with Crippen molar-refractivity contribution in [3.05, 3.63) is 66.6 Å². The van der Waals surface area contributed by atoms with E-state index in [1.807, 2.05) is 42.5 Å². The number of fused-ring (bicyclic) bond motifs is 1. The van der Waals surface area contributed by atoms with Crippen LogP contribution >= 0.6 is 0 Å². The van der Waals surface area contributed by atoms with Gasteiger partial charge in [-0.15, -0.1) is 0 Å². The molecule has 0 fully saturated rings. The van der Waals surface area contributed by atoms with Crippen LogP contribution < -0.4 is 5.32 Å². The summed E-state index contributed by atoms with van der Waals surface area (Å²) < 4.78 is 10.2. The molecule has 3 rings (SSSR count). The molecule has 0 aliphatic carbocycles. The molecule has 0 aliphatic heterocycles. The van der Waals surface area contributed by atoms with Gasteiger partial charge in [0.15, 0.2) is 6.10 Å². The Bertz CT molecular complexity index is 849. The molecule has 1 aromatic heterocycles. The average Bonchev–Trinajstić information content (AvgIpc) is 3.14. The van der Waals surface area contributed by atoms with Crippen molar-refractivity contribution in [3.8, 4) is 0 Å². The first-order valence-corrected chi connectivity index (χ1v) is 7.72. The molecule has 3 aromatic rings. The lowest BCUT2D eigenvalue weighted by atomic mass is 10.1. The number of benzene rings is 2. The van der Waals surface area contributed by atoms with Gasteiger partial charge in [-0.25, -0.2) is 4.79 Å². The van der Waals surface area contributed by atoms with Crippen LogP contribution in [0, 0.1) is 0 Å². The lowest BCUT2D eigenvalue weighted by molar-refractivity contribution is -0.124. The third-order valence-corrected chi connectivity index (χ3v) is 3.68. The predicted octanol–water partition coefficient (Wildman–Crippen LogP) is 4.01. The molecule has 24 heavy (non-hydrogen) atoms. The molecule has 0 saturated carbocycles. The van der Waals surface area contributed by atoms with Gasteiger partial charge in [0.05, 0.1) is 6.26 Å². The number of nitrogens with one attached hydrogen (secondary N) is 1. The highest BCUT2D eigenvalue weighted by molar-refractivity contribution is 6.04. The van der Waals surface area contributed by atoms with E-state index in [2.05, 4.69) is 5.32 Å². The maximum Gasteiger partial charge on any atom is 0.374 e. The Morgan fingerprint density at radius 1 is 1.08 bits per heavy atom. The Hall–Kier alpha value is -3.08. The van der Waals surface area contributed by atoms with E-state index < -0.39 is 12.1 Å². The number of hydrogen-bond acceptors (Lipinski definition) is 4. The first-order valence-electron chi connectivity index (χ1n) is 7.72. The van der Waals surface area contributed by atoms with E-state index in [1.165, 1.54) is 12.3 Å². The summed E-state index contributed by atoms with van der Waals surface area (Å²) >= 11 is 0. The monoisotopic (exact) mass is 323 g/mol. The van der Waals surface area contributed by atoms with Crippen LogP contribution in [-0.4, -0.2) is 18.0 Å². The van der Waals surface area contributed by atoms with Gasteiger partial charge in [0, 0.05) is 11.1 Å². The van der Waals surface area contributed by atoms with Crippen molar-refractivity contribution in [2.24, 2.45) is 0 Å². The number of furan rings is 1. The molecule has 0 saturated heterocycles. The fourth-order valence-corrected chi connectivity index (χ4v) is 2.45. The Morgan fingerprint density at radius 2 is 1.88 bits per heavy atom. The zero-order valence-corrected chi connectivity index (χ0v) is 13.2. The standard InChI is InChI=1S/C19H17NO4/c1-2-16(24-19(22)17-11-6-12-23-17)18(21)20-15-10-5-8-13-7-3-4-9-14(13)15/h3-12,16H,2H2,1H3,(H,20,21). The van der Waals surface area contributed by atoms with Gasteiger partial charge in [0.25, 0.3) is 5.91 Å². The Balaban J connectivity index is 1.75. The minimum atomic E-state index is -0.887. The first-order chi connectivity index (χ1) is 11.7. The summed E-state index contributed by atoms with van der Waals surface area (Å²) in [6.07, 6.45) is 0.859. The number of hydrogen-bond donors (Lipinski definition) is 1. The van der Waals surface area contributed by atoms with Crippen LogP contribution in [0.25, 0.3) is 10.8 Å². The van der Waals surface area contributed by atoms with Gasteiger partial charge < -0.3 is 14.5 Å². The number of amides is 1. The van der Waals surface area contributed by atoms with Crippen LogP contribution in [0.5, 0.6) is 0 Å². The highest BCUT2D eigenvalue weighted by atomic mass is 16.6.